The molecule has 2 nitrogen and oxygen atoms in total. The molecular weight excluding hydrogens is 210 g/mol. The van der Waals surface area contributed by atoms with Crippen LogP contribution in [0.5, 0.6) is 0 Å². The van der Waals surface area contributed by atoms with Gasteiger partial charge < -0.3 is 4.74 Å². The molecule has 3 heteroatoms. The normalized spacial score (nSPS) is 25.8. The highest BCUT2D eigenvalue weighted by Crippen LogP contribution is 2.28. The first-order valence-corrected chi connectivity index (χ1v) is 5.60. The molecule has 0 radical (unpaired) electrons. The average Bonchev–Trinajstić information content (AvgIpc) is 2.70. The summed E-state index contributed by atoms with van der Waals surface area (Å²) in [7, 11) is 1.74. The van der Waals surface area contributed by atoms with E-state index >= 15 is 0 Å². The lowest BCUT2D eigenvalue weighted by atomic mass is 9.96. The van der Waals surface area contributed by atoms with Gasteiger partial charge in [0.05, 0.1) is 0 Å². The summed E-state index contributed by atoms with van der Waals surface area (Å²) in [5.41, 5.74) is 2.50. The van der Waals surface area contributed by atoms with Gasteiger partial charge >= 0.3 is 0 Å². The Labute approximate surface area is 95.6 Å². The van der Waals surface area contributed by atoms with E-state index in [-0.39, 0.29) is 6.23 Å². The standard InChI is InChI=1S/C12H16ClNO/c1-8-5-9(3-4-11(8)13)10-6-12(15-2)14-7-10/h3-5,10,12,14H,6-7H2,1-2H3. The van der Waals surface area contributed by atoms with Gasteiger partial charge in [0.2, 0.25) is 0 Å². The zero-order valence-electron chi connectivity index (χ0n) is 9.09. The molecule has 1 N–H and O–H groups in total. The van der Waals surface area contributed by atoms with E-state index in [1.807, 2.05) is 13.0 Å². The Morgan fingerprint density at radius 2 is 2.27 bits per heavy atom. The maximum absolute atomic E-state index is 6.00. The van der Waals surface area contributed by atoms with Crippen LogP contribution in [0, 0.1) is 6.92 Å². The second-order valence-corrected chi connectivity index (χ2v) is 4.48. The fraction of sp³-hybridized carbons (Fsp3) is 0.500. The van der Waals surface area contributed by atoms with E-state index in [0.29, 0.717) is 5.92 Å². The number of ether oxygens (including phenoxy) is 1. The first-order valence-electron chi connectivity index (χ1n) is 5.23. The van der Waals surface area contributed by atoms with Crippen molar-refractivity contribution in [3.05, 3.63) is 34.3 Å². The van der Waals surface area contributed by atoms with Crippen molar-refractivity contribution in [2.45, 2.75) is 25.5 Å². The van der Waals surface area contributed by atoms with Gasteiger partial charge in [0.25, 0.3) is 0 Å². The van der Waals surface area contributed by atoms with Crippen LogP contribution in [-0.2, 0) is 4.74 Å². The minimum atomic E-state index is 0.200. The van der Waals surface area contributed by atoms with Gasteiger partial charge in [0.1, 0.15) is 6.23 Å². The number of nitrogens with one attached hydrogen (secondary N) is 1. The zero-order valence-corrected chi connectivity index (χ0v) is 9.84. The van der Waals surface area contributed by atoms with E-state index in [0.717, 1.165) is 23.6 Å². The van der Waals surface area contributed by atoms with Gasteiger partial charge in [-0.25, -0.2) is 0 Å². The molecule has 0 amide bonds. The summed E-state index contributed by atoms with van der Waals surface area (Å²) in [6.07, 6.45) is 1.24. The Morgan fingerprint density at radius 1 is 1.47 bits per heavy atom. The van der Waals surface area contributed by atoms with Crippen LogP contribution in [0.3, 0.4) is 0 Å². The van der Waals surface area contributed by atoms with Crippen LogP contribution in [-0.4, -0.2) is 19.9 Å². The van der Waals surface area contributed by atoms with Gasteiger partial charge in [-0.15, -0.1) is 0 Å². The summed E-state index contributed by atoms with van der Waals surface area (Å²) in [5, 5.41) is 4.17. The average molecular weight is 226 g/mol. The van der Waals surface area contributed by atoms with E-state index in [1.54, 1.807) is 7.11 Å². The fourth-order valence-electron chi connectivity index (χ4n) is 2.05. The number of hydrogen-bond donors (Lipinski definition) is 1. The lowest BCUT2D eigenvalue weighted by Crippen LogP contribution is -2.22. The molecule has 1 aliphatic heterocycles. The number of methoxy groups -OCH3 is 1. The Bertz CT molecular complexity index is 353. The van der Waals surface area contributed by atoms with Crippen molar-refractivity contribution in [3.63, 3.8) is 0 Å². The third-order valence-electron chi connectivity index (χ3n) is 3.03. The van der Waals surface area contributed by atoms with E-state index < -0.39 is 0 Å². The van der Waals surface area contributed by atoms with Gasteiger partial charge in [0.15, 0.2) is 0 Å². The van der Waals surface area contributed by atoms with E-state index in [2.05, 4.69) is 17.4 Å². The van der Waals surface area contributed by atoms with Crippen LogP contribution in [0.1, 0.15) is 23.5 Å². The lowest BCUT2D eigenvalue weighted by Gasteiger charge is -2.10. The third kappa shape index (κ3) is 2.33. The van der Waals surface area contributed by atoms with Crippen molar-refractivity contribution in [1.29, 1.82) is 0 Å². The molecule has 0 bridgehead atoms. The predicted molar refractivity (Wildman–Crippen MR) is 62.3 cm³/mol. The molecule has 0 aliphatic carbocycles. The fourth-order valence-corrected chi connectivity index (χ4v) is 2.17. The molecule has 1 aromatic rings. The Balaban J connectivity index is 2.13. The molecule has 1 saturated heterocycles. The SMILES string of the molecule is COC1CC(c2ccc(Cl)c(C)c2)CN1. The number of rotatable bonds is 2. The Morgan fingerprint density at radius 3 is 2.87 bits per heavy atom. The number of benzene rings is 1. The van der Waals surface area contributed by atoms with Crippen molar-refractivity contribution in [2.24, 2.45) is 0 Å². The summed E-state index contributed by atoms with van der Waals surface area (Å²) in [6, 6.07) is 6.26. The Hall–Kier alpha value is -0.570. The van der Waals surface area contributed by atoms with Crippen LogP contribution in [0.15, 0.2) is 18.2 Å². The first kappa shape index (κ1) is 10.9. The summed E-state index contributed by atoms with van der Waals surface area (Å²) in [4.78, 5) is 0. The molecule has 0 spiro atoms. The maximum atomic E-state index is 6.00. The molecule has 1 heterocycles. The molecule has 1 aliphatic rings. The molecular formula is C12H16ClNO. The van der Waals surface area contributed by atoms with Crippen LogP contribution in [0.25, 0.3) is 0 Å². The Kier molecular flexibility index (Phi) is 3.29. The molecule has 15 heavy (non-hydrogen) atoms. The molecule has 2 unspecified atom stereocenters. The minimum Gasteiger partial charge on any atom is -0.367 e. The second-order valence-electron chi connectivity index (χ2n) is 4.07. The summed E-state index contributed by atoms with van der Waals surface area (Å²) < 4.78 is 5.28. The molecule has 2 atom stereocenters. The topological polar surface area (TPSA) is 21.3 Å². The number of aryl methyl sites for hydroxylation is 1. The van der Waals surface area contributed by atoms with Crippen LogP contribution in [0.2, 0.25) is 5.02 Å². The van der Waals surface area contributed by atoms with E-state index in [1.165, 1.54) is 5.56 Å². The molecule has 0 saturated carbocycles. The monoisotopic (exact) mass is 225 g/mol. The van der Waals surface area contributed by atoms with Crippen molar-refractivity contribution in [1.82, 2.24) is 5.32 Å². The van der Waals surface area contributed by atoms with Gasteiger partial charge in [-0.3, -0.25) is 5.32 Å². The quantitative estimate of drug-likeness (QED) is 0.836. The van der Waals surface area contributed by atoms with Crippen LogP contribution < -0.4 is 5.32 Å². The molecule has 2 rings (SSSR count). The van der Waals surface area contributed by atoms with Crippen molar-refractivity contribution in [3.8, 4) is 0 Å². The van der Waals surface area contributed by atoms with Crippen molar-refractivity contribution in [2.75, 3.05) is 13.7 Å². The van der Waals surface area contributed by atoms with Gasteiger partial charge in [-0.1, -0.05) is 23.7 Å². The second kappa shape index (κ2) is 4.52. The highest BCUT2D eigenvalue weighted by Gasteiger charge is 2.24. The molecule has 1 aromatic carbocycles. The van der Waals surface area contributed by atoms with Crippen LogP contribution in [0.4, 0.5) is 0 Å². The maximum Gasteiger partial charge on any atom is 0.108 e. The van der Waals surface area contributed by atoms with E-state index in [4.69, 9.17) is 16.3 Å². The zero-order chi connectivity index (χ0) is 10.8. The summed E-state index contributed by atoms with van der Waals surface area (Å²) in [6.45, 7) is 3.03. The van der Waals surface area contributed by atoms with Gasteiger partial charge in [-0.2, -0.15) is 0 Å². The van der Waals surface area contributed by atoms with Gasteiger partial charge in [0, 0.05) is 24.6 Å². The van der Waals surface area contributed by atoms with Crippen LogP contribution >= 0.6 is 11.6 Å². The highest BCUT2D eigenvalue weighted by atomic mass is 35.5. The highest BCUT2D eigenvalue weighted by molar-refractivity contribution is 6.31. The lowest BCUT2D eigenvalue weighted by molar-refractivity contribution is 0.0902. The first-order chi connectivity index (χ1) is 7.20. The summed E-state index contributed by atoms with van der Waals surface area (Å²) in [5.74, 6) is 0.547. The number of halogens is 1. The minimum absolute atomic E-state index is 0.200. The third-order valence-corrected chi connectivity index (χ3v) is 3.45. The van der Waals surface area contributed by atoms with Gasteiger partial charge in [-0.05, 0) is 30.5 Å². The molecule has 1 fully saturated rings. The number of hydrogen-bond acceptors (Lipinski definition) is 2. The molecule has 82 valence electrons. The smallest absolute Gasteiger partial charge is 0.108 e. The predicted octanol–water partition coefficient (Wildman–Crippen LogP) is 2.70. The van der Waals surface area contributed by atoms with E-state index in [9.17, 15) is 0 Å². The largest absolute Gasteiger partial charge is 0.367 e. The van der Waals surface area contributed by atoms with Crippen molar-refractivity contribution >= 4 is 11.6 Å². The van der Waals surface area contributed by atoms with Crippen molar-refractivity contribution < 1.29 is 4.74 Å². The molecule has 0 aromatic heterocycles. The summed E-state index contributed by atoms with van der Waals surface area (Å²) >= 11 is 6.00.